The lowest BCUT2D eigenvalue weighted by molar-refractivity contribution is -0.137. The zero-order chi connectivity index (χ0) is 15.3. The highest BCUT2D eigenvalue weighted by molar-refractivity contribution is 5.29. The molecular weight excluding hydrogens is 281 g/mol. The van der Waals surface area contributed by atoms with Gasteiger partial charge in [0.2, 0.25) is 0 Å². The molecule has 5 heteroatoms. The molecule has 0 aliphatic carbocycles. The molecule has 1 atom stereocenters. The first-order chi connectivity index (χ1) is 10.0. The average molecular weight is 296 g/mol. The molecule has 2 aromatic carbocycles. The molecule has 0 radical (unpaired) electrons. The third-order valence-electron chi connectivity index (χ3n) is 3.10. The summed E-state index contributed by atoms with van der Waals surface area (Å²) in [6.45, 7) is -0.171. The van der Waals surface area contributed by atoms with Gasteiger partial charge in [0.25, 0.3) is 0 Å². The summed E-state index contributed by atoms with van der Waals surface area (Å²) in [6, 6.07) is 13.9. The Morgan fingerprint density at radius 1 is 1.00 bits per heavy atom. The molecule has 0 aliphatic heterocycles. The second-order valence-electron chi connectivity index (χ2n) is 4.63. The van der Waals surface area contributed by atoms with Gasteiger partial charge in [-0.2, -0.15) is 13.2 Å². The van der Waals surface area contributed by atoms with Gasteiger partial charge in [0, 0.05) is 5.92 Å². The van der Waals surface area contributed by atoms with Gasteiger partial charge >= 0.3 is 6.18 Å². The van der Waals surface area contributed by atoms with E-state index < -0.39 is 17.7 Å². The van der Waals surface area contributed by atoms with Crippen LogP contribution >= 0.6 is 0 Å². The van der Waals surface area contributed by atoms with Crippen LogP contribution in [0.25, 0.3) is 0 Å². The number of rotatable bonds is 5. The molecule has 0 aromatic heterocycles. The van der Waals surface area contributed by atoms with E-state index >= 15 is 0 Å². The fourth-order valence-corrected chi connectivity index (χ4v) is 1.94. The van der Waals surface area contributed by atoms with E-state index in [-0.39, 0.29) is 13.2 Å². The number of aliphatic hydroxyl groups is 1. The molecule has 0 aliphatic rings. The van der Waals surface area contributed by atoms with Crippen molar-refractivity contribution in [2.45, 2.75) is 12.1 Å². The number of para-hydroxylation sites is 1. The van der Waals surface area contributed by atoms with Crippen LogP contribution in [0.15, 0.2) is 54.6 Å². The summed E-state index contributed by atoms with van der Waals surface area (Å²) in [7, 11) is 0. The minimum atomic E-state index is -4.39. The van der Waals surface area contributed by atoms with E-state index in [0.29, 0.717) is 11.3 Å². The van der Waals surface area contributed by atoms with Crippen molar-refractivity contribution in [2.24, 2.45) is 0 Å². The van der Waals surface area contributed by atoms with Crippen molar-refractivity contribution in [3.63, 3.8) is 0 Å². The maximum Gasteiger partial charge on any atom is 0.416 e. The van der Waals surface area contributed by atoms with E-state index in [4.69, 9.17) is 4.74 Å². The Morgan fingerprint density at radius 3 is 2.33 bits per heavy atom. The van der Waals surface area contributed by atoms with Crippen molar-refractivity contribution in [3.8, 4) is 5.75 Å². The van der Waals surface area contributed by atoms with Crippen LogP contribution in [0.4, 0.5) is 13.2 Å². The topological polar surface area (TPSA) is 29.5 Å². The zero-order valence-corrected chi connectivity index (χ0v) is 11.2. The van der Waals surface area contributed by atoms with Gasteiger partial charge < -0.3 is 9.84 Å². The zero-order valence-electron chi connectivity index (χ0n) is 11.2. The number of aliphatic hydroxyl groups excluding tert-OH is 1. The molecule has 112 valence electrons. The molecule has 0 bridgehead atoms. The Labute approximate surface area is 120 Å². The fraction of sp³-hybridized carbons (Fsp3) is 0.250. The van der Waals surface area contributed by atoms with Gasteiger partial charge in [-0.3, -0.25) is 0 Å². The SMILES string of the molecule is OCC(COc1ccccc1)c1cccc(C(F)(F)F)c1. The lowest BCUT2D eigenvalue weighted by Gasteiger charge is -2.17. The molecular formula is C16H15F3O2. The van der Waals surface area contributed by atoms with E-state index in [9.17, 15) is 18.3 Å². The van der Waals surface area contributed by atoms with E-state index in [1.165, 1.54) is 6.07 Å². The van der Waals surface area contributed by atoms with Crippen molar-refractivity contribution in [3.05, 3.63) is 65.7 Å². The maximum atomic E-state index is 12.7. The predicted octanol–water partition coefficient (Wildman–Crippen LogP) is 3.86. The molecule has 1 unspecified atom stereocenters. The summed E-state index contributed by atoms with van der Waals surface area (Å²) in [5.41, 5.74) is -0.318. The second-order valence-corrected chi connectivity index (χ2v) is 4.63. The Hall–Kier alpha value is -2.01. The molecule has 2 aromatic rings. The highest BCUT2D eigenvalue weighted by Crippen LogP contribution is 2.31. The van der Waals surface area contributed by atoms with E-state index in [1.54, 1.807) is 30.3 Å². The van der Waals surface area contributed by atoms with Crippen LogP contribution in [-0.2, 0) is 6.18 Å². The fourth-order valence-electron chi connectivity index (χ4n) is 1.94. The van der Waals surface area contributed by atoms with Gasteiger partial charge in [-0.05, 0) is 23.8 Å². The van der Waals surface area contributed by atoms with E-state index in [2.05, 4.69) is 0 Å². The van der Waals surface area contributed by atoms with Crippen molar-refractivity contribution in [2.75, 3.05) is 13.2 Å². The van der Waals surface area contributed by atoms with Gasteiger partial charge in [0.15, 0.2) is 0 Å². The maximum absolute atomic E-state index is 12.7. The highest BCUT2D eigenvalue weighted by atomic mass is 19.4. The average Bonchev–Trinajstić information content (AvgIpc) is 2.48. The molecule has 0 fully saturated rings. The minimum Gasteiger partial charge on any atom is -0.493 e. The summed E-state index contributed by atoms with van der Waals surface area (Å²) in [4.78, 5) is 0. The Morgan fingerprint density at radius 2 is 1.71 bits per heavy atom. The van der Waals surface area contributed by atoms with Crippen LogP contribution in [0.5, 0.6) is 5.75 Å². The van der Waals surface area contributed by atoms with Gasteiger partial charge in [-0.25, -0.2) is 0 Å². The summed E-state index contributed by atoms with van der Waals surface area (Å²) < 4.78 is 43.6. The minimum absolute atomic E-state index is 0.113. The summed E-state index contributed by atoms with van der Waals surface area (Å²) in [5, 5.41) is 9.39. The van der Waals surface area contributed by atoms with Gasteiger partial charge in [0.05, 0.1) is 18.8 Å². The third-order valence-corrected chi connectivity index (χ3v) is 3.10. The van der Waals surface area contributed by atoms with Crippen LogP contribution in [-0.4, -0.2) is 18.3 Å². The number of halogens is 3. The first-order valence-electron chi connectivity index (χ1n) is 6.46. The standard InChI is InChI=1S/C16H15F3O2/c17-16(18,19)14-6-4-5-12(9-14)13(10-20)11-21-15-7-2-1-3-8-15/h1-9,13,20H,10-11H2. The Kier molecular flexibility index (Phi) is 4.85. The molecule has 0 saturated carbocycles. The summed E-state index contributed by atoms with van der Waals surface area (Å²) in [6.07, 6.45) is -4.39. The van der Waals surface area contributed by atoms with Crippen molar-refractivity contribution >= 4 is 0 Å². The third kappa shape index (κ3) is 4.23. The number of hydrogen-bond acceptors (Lipinski definition) is 2. The number of benzene rings is 2. The Bertz CT molecular complexity index is 567. The molecule has 0 saturated heterocycles. The first kappa shape index (κ1) is 15.4. The number of hydrogen-bond donors (Lipinski definition) is 1. The molecule has 2 rings (SSSR count). The number of ether oxygens (including phenoxy) is 1. The summed E-state index contributed by atoms with van der Waals surface area (Å²) >= 11 is 0. The molecule has 2 nitrogen and oxygen atoms in total. The van der Waals surface area contributed by atoms with Crippen LogP contribution in [0.3, 0.4) is 0 Å². The molecule has 0 spiro atoms. The summed E-state index contributed by atoms with van der Waals surface area (Å²) in [5.74, 6) is 0.107. The van der Waals surface area contributed by atoms with Crippen LogP contribution < -0.4 is 4.74 Å². The van der Waals surface area contributed by atoms with E-state index in [0.717, 1.165) is 12.1 Å². The highest BCUT2D eigenvalue weighted by Gasteiger charge is 2.31. The van der Waals surface area contributed by atoms with Crippen molar-refractivity contribution < 1.29 is 23.0 Å². The van der Waals surface area contributed by atoms with Crippen molar-refractivity contribution in [1.29, 1.82) is 0 Å². The molecule has 21 heavy (non-hydrogen) atoms. The van der Waals surface area contributed by atoms with E-state index in [1.807, 2.05) is 6.07 Å². The lowest BCUT2D eigenvalue weighted by atomic mass is 9.98. The van der Waals surface area contributed by atoms with Crippen molar-refractivity contribution in [1.82, 2.24) is 0 Å². The van der Waals surface area contributed by atoms with Gasteiger partial charge in [-0.15, -0.1) is 0 Å². The normalized spacial score (nSPS) is 13.0. The van der Waals surface area contributed by atoms with Crippen LogP contribution in [0.1, 0.15) is 17.0 Å². The first-order valence-corrected chi connectivity index (χ1v) is 6.46. The molecule has 1 N–H and O–H groups in total. The van der Waals surface area contributed by atoms with Gasteiger partial charge in [0.1, 0.15) is 5.75 Å². The predicted molar refractivity (Wildman–Crippen MR) is 73.2 cm³/mol. The largest absolute Gasteiger partial charge is 0.493 e. The lowest BCUT2D eigenvalue weighted by Crippen LogP contribution is -2.15. The Balaban J connectivity index is 2.10. The van der Waals surface area contributed by atoms with Crippen LogP contribution in [0.2, 0.25) is 0 Å². The van der Waals surface area contributed by atoms with Gasteiger partial charge in [-0.1, -0.05) is 36.4 Å². The molecule has 0 amide bonds. The van der Waals surface area contributed by atoms with Crippen LogP contribution in [0, 0.1) is 0 Å². The molecule has 0 heterocycles. The quantitative estimate of drug-likeness (QED) is 0.908. The smallest absolute Gasteiger partial charge is 0.416 e. The second kappa shape index (κ2) is 6.63. The monoisotopic (exact) mass is 296 g/mol. The number of alkyl halides is 3.